The van der Waals surface area contributed by atoms with Crippen molar-refractivity contribution in [3.8, 4) is 0 Å². The summed E-state index contributed by atoms with van der Waals surface area (Å²) in [4.78, 5) is 14.6. The molecule has 1 heterocycles. The number of likely N-dealkylation sites (N-methyl/N-ethyl adjacent to an activating group) is 1. The Morgan fingerprint density at radius 2 is 2.20 bits per heavy atom. The van der Waals surface area contributed by atoms with Gasteiger partial charge in [-0.05, 0) is 55.1 Å². The number of nitrogens with one attached hydrogen (secondary N) is 1. The van der Waals surface area contributed by atoms with E-state index < -0.39 is 5.60 Å². The number of hydrogen-bond donors (Lipinski definition) is 1. The minimum Gasteiger partial charge on any atom is -0.444 e. The monoisotopic (exact) mass is 362 g/mol. The van der Waals surface area contributed by atoms with E-state index in [-0.39, 0.29) is 12.1 Å². The van der Waals surface area contributed by atoms with Crippen LogP contribution in [0.3, 0.4) is 0 Å². The molecule has 6 heteroatoms. The Morgan fingerprint density at radius 1 is 1.55 bits per heavy atom. The van der Waals surface area contributed by atoms with Crippen LogP contribution in [0.2, 0.25) is 0 Å². The first-order valence-corrected chi connectivity index (χ1v) is 8.28. The topological polar surface area (TPSA) is 41.6 Å². The van der Waals surface area contributed by atoms with Crippen molar-refractivity contribution >= 4 is 33.4 Å². The van der Waals surface area contributed by atoms with E-state index in [4.69, 9.17) is 4.74 Å². The number of amides is 1. The normalized spacial score (nSPS) is 13.1. The highest BCUT2D eigenvalue weighted by molar-refractivity contribution is 9.10. The molecular formula is C14H23BrN2O2S. The highest BCUT2D eigenvalue weighted by atomic mass is 79.9. The average molecular weight is 363 g/mol. The van der Waals surface area contributed by atoms with Gasteiger partial charge in [0.1, 0.15) is 5.60 Å². The first-order valence-electron chi connectivity index (χ1n) is 6.61. The summed E-state index contributed by atoms with van der Waals surface area (Å²) in [5, 5.41) is 5.47. The summed E-state index contributed by atoms with van der Waals surface area (Å²) in [6.45, 7) is 9.06. The van der Waals surface area contributed by atoms with Gasteiger partial charge in [0.25, 0.3) is 0 Å². The molecule has 0 saturated heterocycles. The van der Waals surface area contributed by atoms with E-state index in [0.29, 0.717) is 6.54 Å². The number of thiophene rings is 1. The maximum absolute atomic E-state index is 11.8. The van der Waals surface area contributed by atoms with Crippen molar-refractivity contribution in [2.75, 3.05) is 20.1 Å². The van der Waals surface area contributed by atoms with Crippen LogP contribution < -0.4 is 5.32 Å². The molecule has 0 aliphatic rings. The number of halogens is 1. The number of carbonyl (C=O) groups excluding carboxylic acids is 1. The zero-order valence-corrected chi connectivity index (χ0v) is 15.1. The van der Waals surface area contributed by atoms with E-state index in [1.54, 1.807) is 23.3 Å². The van der Waals surface area contributed by atoms with E-state index in [2.05, 4.69) is 33.6 Å². The third-order valence-corrected chi connectivity index (χ3v) is 4.69. The zero-order valence-electron chi connectivity index (χ0n) is 12.7. The molecule has 0 fully saturated rings. The van der Waals surface area contributed by atoms with Gasteiger partial charge in [-0.1, -0.05) is 0 Å². The molecule has 4 nitrogen and oxygen atoms in total. The number of carbonyl (C=O) groups is 1. The first kappa shape index (κ1) is 17.5. The van der Waals surface area contributed by atoms with Crippen LogP contribution in [0.25, 0.3) is 0 Å². The molecule has 0 bridgehead atoms. The molecule has 1 amide bonds. The third kappa shape index (κ3) is 5.81. The summed E-state index contributed by atoms with van der Waals surface area (Å²) in [6, 6.07) is 2.31. The smallest absolute Gasteiger partial charge is 0.410 e. The van der Waals surface area contributed by atoms with Crippen LogP contribution in [0.1, 0.15) is 38.6 Å². The summed E-state index contributed by atoms with van der Waals surface area (Å²) in [5.41, 5.74) is -0.450. The minimum atomic E-state index is -0.450. The van der Waals surface area contributed by atoms with Crippen LogP contribution in [0.15, 0.2) is 15.9 Å². The van der Waals surface area contributed by atoms with Crippen LogP contribution in [0, 0.1) is 0 Å². The van der Waals surface area contributed by atoms with E-state index in [0.717, 1.165) is 11.0 Å². The van der Waals surface area contributed by atoms with Crippen molar-refractivity contribution in [3.63, 3.8) is 0 Å². The molecule has 0 saturated carbocycles. The Morgan fingerprint density at radius 3 is 2.70 bits per heavy atom. The zero-order chi connectivity index (χ0) is 15.3. The number of nitrogens with zero attached hydrogens (tertiary/aromatic N) is 1. The van der Waals surface area contributed by atoms with Crippen LogP contribution in [0.5, 0.6) is 0 Å². The quantitative estimate of drug-likeness (QED) is 0.859. The molecule has 0 aliphatic heterocycles. The molecule has 1 N–H and O–H groups in total. The Bertz CT molecular complexity index is 443. The first-order chi connectivity index (χ1) is 9.20. The van der Waals surface area contributed by atoms with E-state index in [1.165, 1.54) is 4.88 Å². The molecule has 0 radical (unpaired) electrons. The summed E-state index contributed by atoms with van der Waals surface area (Å²) >= 11 is 5.25. The van der Waals surface area contributed by atoms with Crippen LogP contribution in [-0.2, 0) is 4.74 Å². The number of ether oxygens (including phenoxy) is 1. The standard InChI is InChI=1S/C14H23BrN2O2S/c1-10(12-11(15)6-9-20-12)16-7-8-17(5)13(18)19-14(2,3)4/h6,9-10,16H,7-8H2,1-5H3. The lowest BCUT2D eigenvalue weighted by molar-refractivity contribution is 0.0299. The summed E-state index contributed by atoms with van der Waals surface area (Å²) < 4.78 is 6.43. The van der Waals surface area contributed by atoms with Gasteiger partial charge in [0.15, 0.2) is 0 Å². The molecule has 1 aromatic heterocycles. The van der Waals surface area contributed by atoms with Gasteiger partial charge in [-0.25, -0.2) is 4.79 Å². The van der Waals surface area contributed by atoms with Gasteiger partial charge in [0.05, 0.1) is 0 Å². The SMILES string of the molecule is CC(NCCN(C)C(=O)OC(C)(C)C)c1sccc1Br. The molecule has 20 heavy (non-hydrogen) atoms. The summed E-state index contributed by atoms with van der Waals surface area (Å²) in [6.07, 6.45) is -0.288. The molecule has 1 unspecified atom stereocenters. The second kappa shape index (κ2) is 7.43. The maximum Gasteiger partial charge on any atom is 0.410 e. The van der Waals surface area contributed by atoms with Gasteiger partial charge in [-0.2, -0.15) is 0 Å². The molecule has 0 spiro atoms. The van der Waals surface area contributed by atoms with Crippen molar-refractivity contribution in [3.05, 3.63) is 20.8 Å². The predicted molar refractivity (Wildman–Crippen MR) is 87.3 cm³/mol. The molecule has 0 aromatic carbocycles. The van der Waals surface area contributed by atoms with Crippen molar-refractivity contribution in [1.29, 1.82) is 0 Å². The summed E-state index contributed by atoms with van der Waals surface area (Å²) in [7, 11) is 1.75. The maximum atomic E-state index is 11.8. The van der Waals surface area contributed by atoms with Gasteiger partial charge < -0.3 is 15.0 Å². The van der Waals surface area contributed by atoms with Crippen LogP contribution in [0.4, 0.5) is 4.79 Å². The fourth-order valence-electron chi connectivity index (χ4n) is 1.59. The lowest BCUT2D eigenvalue weighted by Crippen LogP contribution is -2.38. The van der Waals surface area contributed by atoms with Crippen molar-refractivity contribution in [2.45, 2.75) is 39.3 Å². The van der Waals surface area contributed by atoms with Gasteiger partial charge in [-0.15, -0.1) is 11.3 Å². The van der Waals surface area contributed by atoms with Crippen LogP contribution >= 0.6 is 27.3 Å². The fourth-order valence-corrected chi connectivity index (χ4v) is 3.34. The van der Waals surface area contributed by atoms with Crippen molar-refractivity contribution in [2.24, 2.45) is 0 Å². The average Bonchev–Trinajstić information content (AvgIpc) is 2.72. The van der Waals surface area contributed by atoms with E-state index >= 15 is 0 Å². The predicted octanol–water partition coefficient (Wildman–Crippen LogP) is 4.03. The third-order valence-electron chi connectivity index (χ3n) is 2.64. The van der Waals surface area contributed by atoms with E-state index in [9.17, 15) is 4.79 Å². The molecule has 1 aromatic rings. The Kier molecular flexibility index (Phi) is 6.48. The molecule has 1 rings (SSSR count). The fraction of sp³-hybridized carbons (Fsp3) is 0.643. The Labute approximate surface area is 133 Å². The van der Waals surface area contributed by atoms with Crippen molar-refractivity contribution in [1.82, 2.24) is 10.2 Å². The second-order valence-electron chi connectivity index (χ2n) is 5.71. The molecular weight excluding hydrogens is 340 g/mol. The lowest BCUT2D eigenvalue weighted by Gasteiger charge is -2.25. The highest BCUT2D eigenvalue weighted by Gasteiger charge is 2.19. The van der Waals surface area contributed by atoms with Gasteiger partial charge >= 0.3 is 6.09 Å². The Hall–Kier alpha value is -0.590. The number of hydrogen-bond acceptors (Lipinski definition) is 4. The molecule has 1 atom stereocenters. The Balaban J connectivity index is 2.33. The van der Waals surface area contributed by atoms with Crippen LogP contribution in [-0.4, -0.2) is 36.7 Å². The molecule has 0 aliphatic carbocycles. The van der Waals surface area contributed by atoms with E-state index in [1.807, 2.05) is 26.8 Å². The number of rotatable bonds is 5. The summed E-state index contributed by atoms with van der Waals surface area (Å²) in [5.74, 6) is 0. The molecule has 114 valence electrons. The minimum absolute atomic E-state index is 0.261. The highest BCUT2D eigenvalue weighted by Crippen LogP contribution is 2.28. The van der Waals surface area contributed by atoms with Crippen molar-refractivity contribution < 1.29 is 9.53 Å². The van der Waals surface area contributed by atoms with Gasteiger partial charge in [-0.3, -0.25) is 0 Å². The lowest BCUT2D eigenvalue weighted by atomic mass is 10.2. The second-order valence-corrected chi connectivity index (χ2v) is 7.51. The van der Waals surface area contributed by atoms with Gasteiger partial charge in [0, 0.05) is 35.5 Å². The van der Waals surface area contributed by atoms with Gasteiger partial charge in [0.2, 0.25) is 0 Å². The largest absolute Gasteiger partial charge is 0.444 e.